The minimum Gasteiger partial charge on any atom is -0.480 e. The van der Waals surface area contributed by atoms with E-state index in [0.29, 0.717) is 17.0 Å². The molecule has 0 spiro atoms. The van der Waals surface area contributed by atoms with Gasteiger partial charge in [0, 0.05) is 24.4 Å². The van der Waals surface area contributed by atoms with Crippen LogP contribution >= 0.6 is 11.8 Å². The number of piperazine rings is 1. The summed E-state index contributed by atoms with van der Waals surface area (Å²) in [6, 6.07) is 2.99. The SMILES string of the molecule is CCN1CCN(C(=O)N[C@@H](C(=O)N[C@@H](C(=O)O)[C@@H]2N[C@H](C(=O)O)C(C)(C)S2)c2ccccc2)C(=O)C1=O. The van der Waals surface area contributed by atoms with Crippen LogP contribution in [0.15, 0.2) is 30.3 Å². The van der Waals surface area contributed by atoms with Crippen LogP contribution in [0.25, 0.3) is 0 Å². The third-order valence-electron chi connectivity index (χ3n) is 6.17. The Morgan fingerprint density at radius 3 is 2.27 bits per heavy atom. The van der Waals surface area contributed by atoms with Crippen LogP contribution in [-0.2, 0) is 24.0 Å². The maximum atomic E-state index is 13.3. The molecule has 13 nitrogen and oxygen atoms in total. The lowest BCUT2D eigenvalue weighted by molar-refractivity contribution is -0.153. The molecule has 14 heteroatoms. The van der Waals surface area contributed by atoms with Crippen molar-refractivity contribution in [2.24, 2.45) is 0 Å². The summed E-state index contributed by atoms with van der Waals surface area (Å²) in [7, 11) is 0. The molecule has 0 aliphatic carbocycles. The molecule has 0 bridgehead atoms. The van der Waals surface area contributed by atoms with Gasteiger partial charge in [0.1, 0.15) is 12.1 Å². The summed E-state index contributed by atoms with van der Waals surface area (Å²) in [6.07, 6.45) is 0. The standard InChI is InChI=1S/C23H29N5O8S/c1-4-27-10-11-28(19(31)18(27)30)22(36)25-13(12-8-6-5-7-9-12)16(29)24-14(20(32)33)17-26-15(21(34)35)23(2,3)37-17/h5-9,13-15,17,26H,4,10-11H2,1-3H3,(H,24,29)(H,25,36)(H,32,33)(H,34,35)/t13-,14-,15-,17-/m1/s1. The van der Waals surface area contributed by atoms with Gasteiger partial charge in [-0.1, -0.05) is 30.3 Å². The number of carboxylic acids is 2. The summed E-state index contributed by atoms with van der Waals surface area (Å²) < 4.78 is -0.866. The van der Waals surface area contributed by atoms with E-state index in [4.69, 9.17) is 0 Å². The van der Waals surface area contributed by atoms with Crippen molar-refractivity contribution in [1.82, 2.24) is 25.8 Å². The van der Waals surface area contributed by atoms with E-state index in [2.05, 4.69) is 16.0 Å². The Bertz CT molecular complexity index is 1100. The third-order valence-corrected chi connectivity index (χ3v) is 7.67. The first kappa shape index (κ1) is 27.9. The molecular weight excluding hydrogens is 506 g/mol. The van der Waals surface area contributed by atoms with Gasteiger partial charge in [-0.2, -0.15) is 0 Å². The zero-order chi connectivity index (χ0) is 27.5. The molecule has 3 rings (SSSR count). The number of carbonyl (C=O) groups is 6. The molecule has 0 saturated carbocycles. The van der Waals surface area contributed by atoms with Crippen LogP contribution in [0.1, 0.15) is 32.4 Å². The lowest BCUT2D eigenvalue weighted by atomic mass is 10.0. The summed E-state index contributed by atoms with van der Waals surface area (Å²) in [6.45, 7) is 5.37. The summed E-state index contributed by atoms with van der Waals surface area (Å²) >= 11 is 1.06. The first-order chi connectivity index (χ1) is 17.4. The van der Waals surface area contributed by atoms with Gasteiger partial charge in [-0.25, -0.2) is 9.59 Å². The summed E-state index contributed by atoms with van der Waals surface area (Å²) in [5.41, 5.74) is 0.305. The number of imide groups is 1. The van der Waals surface area contributed by atoms with E-state index in [1.54, 1.807) is 39.0 Å². The number of carboxylic acid groups (broad SMARTS) is 2. The van der Waals surface area contributed by atoms with Crippen molar-refractivity contribution in [1.29, 1.82) is 0 Å². The highest BCUT2D eigenvalue weighted by atomic mass is 32.2. The number of urea groups is 1. The minimum atomic E-state index is -1.54. The molecular formula is C23H29N5O8S. The monoisotopic (exact) mass is 535 g/mol. The van der Waals surface area contributed by atoms with Crippen molar-refractivity contribution >= 4 is 47.5 Å². The molecule has 1 aromatic rings. The van der Waals surface area contributed by atoms with Crippen LogP contribution < -0.4 is 16.0 Å². The molecule has 2 fully saturated rings. The van der Waals surface area contributed by atoms with Crippen molar-refractivity contribution in [2.75, 3.05) is 19.6 Å². The number of nitrogens with zero attached hydrogens (tertiary/aromatic N) is 2. The van der Waals surface area contributed by atoms with Crippen LogP contribution in [0, 0.1) is 0 Å². The van der Waals surface area contributed by atoms with Gasteiger partial charge >= 0.3 is 29.8 Å². The van der Waals surface area contributed by atoms with Gasteiger partial charge in [0.2, 0.25) is 5.91 Å². The second-order valence-corrected chi connectivity index (χ2v) is 10.8. The Labute approximate surface area is 216 Å². The second kappa shape index (κ2) is 11.2. The molecule has 0 unspecified atom stereocenters. The molecule has 0 radical (unpaired) electrons. The number of likely N-dealkylation sites (N-methyl/N-ethyl adjacent to an activating group) is 1. The van der Waals surface area contributed by atoms with Gasteiger partial charge in [-0.3, -0.25) is 29.4 Å². The molecule has 2 aliphatic rings. The largest absolute Gasteiger partial charge is 0.480 e. The molecule has 1 aromatic carbocycles. The Balaban J connectivity index is 1.82. The number of nitrogens with one attached hydrogen (secondary N) is 3. The lowest BCUT2D eigenvalue weighted by Crippen LogP contribution is -2.60. The normalized spacial score (nSPS) is 22.8. The van der Waals surface area contributed by atoms with Gasteiger partial charge in [-0.05, 0) is 26.3 Å². The quantitative estimate of drug-likeness (QED) is 0.274. The van der Waals surface area contributed by atoms with E-state index in [-0.39, 0.29) is 13.1 Å². The highest BCUT2D eigenvalue weighted by Gasteiger charge is 2.50. The number of hydrogen-bond donors (Lipinski definition) is 5. The Morgan fingerprint density at radius 1 is 1.08 bits per heavy atom. The Morgan fingerprint density at radius 2 is 1.73 bits per heavy atom. The minimum absolute atomic E-state index is 0.0700. The molecule has 2 saturated heterocycles. The fourth-order valence-electron chi connectivity index (χ4n) is 4.15. The second-order valence-electron chi connectivity index (χ2n) is 9.04. The number of hydrogen-bond acceptors (Lipinski definition) is 8. The molecule has 2 aliphatic heterocycles. The molecule has 5 amide bonds. The van der Waals surface area contributed by atoms with Crippen LogP contribution in [0.2, 0.25) is 0 Å². The zero-order valence-corrected chi connectivity index (χ0v) is 21.3. The smallest absolute Gasteiger partial charge is 0.328 e. The van der Waals surface area contributed by atoms with E-state index in [0.717, 1.165) is 11.8 Å². The van der Waals surface area contributed by atoms with Crippen LogP contribution in [0.4, 0.5) is 4.79 Å². The number of amides is 5. The molecule has 4 atom stereocenters. The number of carbonyl (C=O) groups excluding carboxylic acids is 4. The molecule has 5 N–H and O–H groups in total. The van der Waals surface area contributed by atoms with Gasteiger partial charge in [0.15, 0.2) is 6.04 Å². The average Bonchev–Trinajstić information content (AvgIpc) is 3.17. The van der Waals surface area contributed by atoms with E-state index in [1.807, 2.05) is 0 Å². The zero-order valence-electron chi connectivity index (χ0n) is 20.5. The van der Waals surface area contributed by atoms with Crippen molar-refractivity contribution in [3.05, 3.63) is 35.9 Å². The van der Waals surface area contributed by atoms with E-state index in [1.165, 1.54) is 17.0 Å². The Hall–Kier alpha value is -3.65. The van der Waals surface area contributed by atoms with Crippen LogP contribution in [0.5, 0.6) is 0 Å². The number of rotatable bonds is 8. The number of benzene rings is 1. The maximum absolute atomic E-state index is 13.3. The summed E-state index contributed by atoms with van der Waals surface area (Å²) in [5.74, 6) is -5.33. The molecule has 37 heavy (non-hydrogen) atoms. The van der Waals surface area contributed by atoms with Gasteiger partial charge < -0.3 is 25.7 Å². The molecule has 2 heterocycles. The first-order valence-electron chi connectivity index (χ1n) is 11.5. The van der Waals surface area contributed by atoms with Gasteiger partial charge in [0.25, 0.3) is 0 Å². The highest BCUT2D eigenvalue weighted by molar-refractivity contribution is 8.01. The van der Waals surface area contributed by atoms with Crippen molar-refractivity contribution < 1.29 is 39.0 Å². The average molecular weight is 536 g/mol. The predicted molar refractivity (Wildman–Crippen MR) is 131 cm³/mol. The van der Waals surface area contributed by atoms with Crippen LogP contribution in [0.3, 0.4) is 0 Å². The number of thioether (sulfide) groups is 1. The summed E-state index contributed by atoms with van der Waals surface area (Å²) in [5, 5.41) is 25.9. The lowest BCUT2D eigenvalue weighted by Gasteiger charge is -2.33. The number of aliphatic carboxylic acids is 2. The third kappa shape index (κ3) is 6.02. The van der Waals surface area contributed by atoms with Crippen molar-refractivity contribution in [3.8, 4) is 0 Å². The van der Waals surface area contributed by atoms with Crippen molar-refractivity contribution in [2.45, 2.75) is 49.0 Å². The van der Waals surface area contributed by atoms with E-state index >= 15 is 0 Å². The van der Waals surface area contributed by atoms with Crippen molar-refractivity contribution in [3.63, 3.8) is 0 Å². The summed E-state index contributed by atoms with van der Waals surface area (Å²) in [4.78, 5) is 76.7. The fraction of sp³-hybridized carbons (Fsp3) is 0.478. The maximum Gasteiger partial charge on any atom is 0.328 e. The molecule has 0 aromatic heterocycles. The predicted octanol–water partition coefficient (Wildman–Crippen LogP) is -0.408. The first-order valence-corrected chi connectivity index (χ1v) is 12.4. The Kier molecular flexibility index (Phi) is 8.43. The van der Waals surface area contributed by atoms with E-state index in [9.17, 15) is 39.0 Å². The van der Waals surface area contributed by atoms with Crippen LogP contribution in [-0.4, -0.2) is 97.5 Å². The highest BCUT2D eigenvalue weighted by Crippen LogP contribution is 2.39. The van der Waals surface area contributed by atoms with E-state index < -0.39 is 63.9 Å². The van der Waals surface area contributed by atoms with Gasteiger partial charge in [-0.15, -0.1) is 11.8 Å². The van der Waals surface area contributed by atoms with Gasteiger partial charge in [0.05, 0.1) is 5.37 Å². The fourth-order valence-corrected chi connectivity index (χ4v) is 5.63. The molecule has 200 valence electrons. The topological polar surface area (TPSA) is 185 Å².